The largest absolute Gasteiger partial charge is 0.493 e. The van der Waals surface area contributed by atoms with E-state index in [0.29, 0.717) is 17.9 Å². The molecule has 0 aliphatic rings. The molecule has 0 N–H and O–H groups in total. The maximum absolute atomic E-state index is 10.6. The number of hydrogen-bond donors (Lipinski definition) is 0. The first-order valence-corrected chi connectivity index (χ1v) is 3.97. The van der Waals surface area contributed by atoms with Gasteiger partial charge in [0.1, 0.15) is 5.75 Å². The molecule has 12 heavy (non-hydrogen) atoms. The van der Waals surface area contributed by atoms with Crippen LogP contribution in [0.3, 0.4) is 0 Å². The molecule has 1 rings (SSSR count). The first-order chi connectivity index (χ1) is 5.79. The van der Waals surface area contributed by atoms with Crippen molar-refractivity contribution in [3.8, 4) is 5.75 Å². The summed E-state index contributed by atoms with van der Waals surface area (Å²) in [7, 11) is 0. The van der Waals surface area contributed by atoms with Crippen molar-refractivity contribution in [1.29, 1.82) is 0 Å². The summed E-state index contributed by atoms with van der Waals surface area (Å²) in [6, 6.07) is 5.53. The third kappa shape index (κ3) is 1.64. The predicted octanol–water partition coefficient (Wildman–Crippen LogP) is 2.21. The lowest BCUT2D eigenvalue weighted by Crippen LogP contribution is -1.97. The molecule has 0 saturated heterocycles. The van der Waals surface area contributed by atoms with Gasteiger partial charge in [0.05, 0.1) is 12.2 Å². The summed E-state index contributed by atoms with van der Waals surface area (Å²) in [5.41, 5.74) is 1.62. The van der Waals surface area contributed by atoms with Crippen molar-refractivity contribution in [3.05, 3.63) is 29.3 Å². The smallest absolute Gasteiger partial charge is 0.153 e. The fourth-order valence-corrected chi connectivity index (χ4v) is 1.11. The number of rotatable bonds is 3. The Morgan fingerprint density at radius 3 is 2.83 bits per heavy atom. The third-order valence-corrected chi connectivity index (χ3v) is 1.66. The van der Waals surface area contributed by atoms with Gasteiger partial charge in [0.2, 0.25) is 0 Å². The van der Waals surface area contributed by atoms with E-state index >= 15 is 0 Å². The van der Waals surface area contributed by atoms with Gasteiger partial charge in [-0.3, -0.25) is 4.79 Å². The van der Waals surface area contributed by atoms with Gasteiger partial charge in [-0.2, -0.15) is 0 Å². The van der Waals surface area contributed by atoms with Crippen LogP contribution in [0.4, 0.5) is 0 Å². The minimum absolute atomic E-state index is 0.589. The molecule has 0 aromatic heterocycles. The Morgan fingerprint density at radius 1 is 1.50 bits per heavy atom. The van der Waals surface area contributed by atoms with Gasteiger partial charge in [-0.05, 0) is 25.5 Å². The fraction of sp³-hybridized carbons (Fsp3) is 0.300. The summed E-state index contributed by atoms with van der Waals surface area (Å²) in [5, 5.41) is 0. The first kappa shape index (κ1) is 8.78. The average molecular weight is 164 g/mol. The minimum atomic E-state index is 0.589. The molecular formula is C10H12O2. The van der Waals surface area contributed by atoms with Crippen molar-refractivity contribution in [2.24, 2.45) is 0 Å². The average Bonchev–Trinajstić information content (AvgIpc) is 2.09. The quantitative estimate of drug-likeness (QED) is 0.640. The highest BCUT2D eigenvalue weighted by Crippen LogP contribution is 2.21. The number of benzene rings is 1. The lowest BCUT2D eigenvalue weighted by atomic mass is 10.1. The summed E-state index contributed by atoms with van der Waals surface area (Å²) in [6.45, 7) is 4.42. The molecule has 0 aliphatic carbocycles. The van der Waals surface area contributed by atoms with Crippen molar-refractivity contribution in [1.82, 2.24) is 0 Å². The number of para-hydroxylation sites is 1. The Balaban J connectivity index is 3.10. The van der Waals surface area contributed by atoms with E-state index in [2.05, 4.69) is 0 Å². The summed E-state index contributed by atoms with van der Waals surface area (Å²) in [5.74, 6) is 0.704. The van der Waals surface area contributed by atoms with E-state index in [1.807, 2.05) is 26.0 Å². The summed E-state index contributed by atoms with van der Waals surface area (Å²) in [6.07, 6.45) is 0.817. The van der Waals surface area contributed by atoms with Gasteiger partial charge in [0, 0.05) is 0 Å². The Labute approximate surface area is 72.2 Å². The maximum Gasteiger partial charge on any atom is 0.153 e. The number of aryl methyl sites for hydroxylation is 1. The summed E-state index contributed by atoms with van der Waals surface area (Å²) >= 11 is 0. The van der Waals surface area contributed by atoms with E-state index in [0.717, 1.165) is 11.8 Å². The highest BCUT2D eigenvalue weighted by Gasteiger charge is 2.03. The van der Waals surface area contributed by atoms with E-state index < -0.39 is 0 Å². The second kappa shape index (κ2) is 3.90. The second-order valence-corrected chi connectivity index (χ2v) is 2.54. The standard InChI is InChI=1S/C10H12O2/c1-3-12-10-8(2)5-4-6-9(10)7-11/h4-7H,3H2,1-2H3. The molecule has 0 amide bonds. The minimum Gasteiger partial charge on any atom is -0.493 e. The number of aldehydes is 1. The second-order valence-electron chi connectivity index (χ2n) is 2.54. The molecule has 2 heteroatoms. The molecule has 1 aromatic carbocycles. The van der Waals surface area contributed by atoms with Gasteiger partial charge in [-0.25, -0.2) is 0 Å². The van der Waals surface area contributed by atoms with Gasteiger partial charge in [-0.15, -0.1) is 0 Å². The SMILES string of the molecule is CCOc1c(C)cccc1C=O. The van der Waals surface area contributed by atoms with Crippen LogP contribution in [0.2, 0.25) is 0 Å². The number of ether oxygens (including phenoxy) is 1. The summed E-state index contributed by atoms with van der Waals surface area (Å²) < 4.78 is 5.33. The molecule has 64 valence electrons. The van der Waals surface area contributed by atoms with Crippen molar-refractivity contribution in [3.63, 3.8) is 0 Å². The van der Waals surface area contributed by atoms with Crippen molar-refractivity contribution >= 4 is 6.29 Å². The molecule has 0 radical (unpaired) electrons. The van der Waals surface area contributed by atoms with Gasteiger partial charge < -0.3 is 4.74 Å². The normalized spacial score (nSPS) is 9.50. The van der Waals surface area contributed by atoms with Crippen molar-refractivity contribution in [2.45, 2.75) is 13.8 Å². The van der Waals surface area contributed by atoms with Crippen LogP contribution in [-0.4, -0.2) is 12.9 Å². The zero-order valence-electron chi connectivity index (χ0n) is 7.33. The Hall–Kier alpha value is -1.31. The van der Waals surface area contributed by atoms with E-state index in [9.17, 15) is 4.79 Å². The molecule has 0 spiro atoms. The molecule has 0 fully saturated rings. The van der Waals surface area contributed by atoms with Crippen molar-refractivity contribution in [2.75, 3.05) is 6.61 Å². The highest BCUT2D eigenvalue weighted by molar-refractivity contribution is 5.80. The zero-order valence-corrected chi connectivity index (χ0v) is 7.33. The number of carbonyl (C=O) groups excluding carboxylic acids is 1. The third-order valence-electron chi connectivity index (χ3n) is 1.66. The van der Waals surface area contributed by atoms with E-state index in [4.69, 9.17) is 4.74 Å². The topological polar surface area (TPSA) is 26.3 Å². The molecule has 0 saturated carbocycles. The molecule has 2 nitrogen and oxygen atoms in total. The van der Waals surface area contributed by atoms with E-state index in [1.54, 1.807) is 6.07 Å². The molecular weight excluding hydrogens is 152 g/mol. The molecule has 1 aromatic rings. The van der Waals surface area contributed by atoms with Crippen LogP contribution in [0, 0.1) is 6.92 Å². The van der Waals surface area contributed by atoms with Gasteiger partial charge in [0.15, 0.2) is 6.29 Å². The Kier molecular flexibility index (Phi) is 2.86. The molecule has 0 bridgehead atoms. The predicted molar refractivity (Wildman–Crippen MR) is 47.7 cm³/mol. The molecule has 0 aliphatic heterocycles. The van der Waals surface area contributed by atoms with Crippen LogP contribution >= 0.6 is 0 Å². The van der Waals surface area contributed by atoms with Crippen LogP contribution in [0.15, 0.2) is 18.2 Å². The molecule has 0 unspecified atom stereocenters. The fourth-order valence-electron chi connectivity index (χ4n) is 1.11. The van der Waals surface area contributed by atoms with Crippen LogP contribution in [0.5, 0.6) is 5.75 Å². The van der Waals surface area contributed by atoms with Gasteiger partial charge in [-0.1, -0.05) is 12.1 Å². The molecule has 0 heterocycles. The lowest BCUT2D eigenvalue weighted by molar-refractivity contribution is 0.111. The Bertz CT molecular complexity index is 279. The van der Waals surface area contributed by atoms with Crippen LogP contribution in [-0.2, 0) is 0 Å². The number of carbonyl (C=O) groups is 1. The molecule has 0 atom stereocenters. The summed E-state index contributed by atoms with van der Waals surface area (Å²) in [4.78, 5) is 10.6. The van der Waals surface area contributed by atoms with Crippen LogP contribution in [0.1, 0.15) is 22.8 Å². The van der Waals surface area contributed by atoms with E-state index in [1.165, 1.54) is 0 Å². The lowest BCUT2D eigenvalue weighted by Gasteiger charge is -2.08. The zero-order chi connectivity index (χ0) is 8.97. The van der Waals surface area contributed by atoms with Gasteiger partial charge in [0.25, 0.3) is 0 Å². The van der Waals surface area contributed by atoms with Gasteiger partial charge >= 0.3 is 0 Å². The number of hydrogen-bond acceptors (Lipinski definition) is 2. The first-order valence-electron chi connectivity index (χ1n) is 3.97. The maximum atomic E-state index is 10.6. The van der Waals surface area contributed by atoms with Crippen LogP contribution in [0.25, 0.3) is 0 Å². The van der Waals surface area contributed by atoms with Crippen LogP contribution < -0.4 is 4.74 Å². The van der Waals surface area contributed by atoms with Crippen molar-refractivity contribution < 1.29 is 9.53 Å². The highest BCUT2D eigenvalue weighted by atomic mass is 16.5. The monoisotopic (exact) mass is 164 g/mol. The Morgan fingerprint density at radius 2 is 2.25 bits per heavy atom. The van der Waals surface area contributed by atoms with E-state index in [-0.39, 0.29) is 0 Å².